The van der Waals surface area contributed by atoms with Crippen LogP contribution in [0, 0.1) is 6.92 Å². The molecule has 0 aromatic carbocycles. The zero-order valence-electron chi connectivity index (χ0n) is 12.4. The van der Waals surface area contributed by atoms with Gasteiger partial charge in [-0.1, -0.05) is 6.92 Å². The normalized spacial score (nSPS) is 13.8. The molecule has 3 rings (SSSR count). The van der Waals surface area contributed by atoms with Crippen LogP contribution in [-0.4, -0.2) is 33.1 Å². The quantitative estimate of drug-likeness (QED) is 0.927. The number of fused-ring (bicyclic) bond motifs is 1. The highest BCUT2D eigenvalue weighted by Gasteiger charge is 2.19. The fraction of sp³-hybridized carbons (Fsp3) is 0.467. The van der Waals surface area contributed by atoms with Crippen LogP contribution in [-0.2, 0) is 17.8 Å². The first-order valence-corrected chi connectivity index (χ1v) is 7.28. The molecule has 1 N–H and O–H groups in total. The molecule has 0 amide bonds. The van der Waals surface area contributed by atoms with Crippen molar-refractivity contribution in [2.75, 3.05) is 18.5 Å². The molecular formula is C15H19N5O. The number of rotatable bonds is 4. The Bertz CT molecular complexity index is 627. The Hall–Kier alpha value is -2.08. The second-order valence-corrected chi connectivity index (χ2v) is 5.13. The third kappa shape index (κ3) is 3.00. The largest absolute Gasteiger partial charge is 0.376 e. The van der Waals surface area contributed by atoms with Gasteiger partial charge in [0.2, 0.25) is 0 Å². The Kier molecular flexibility index (Phi) is 4.06. The number of aromatic nitrogens is 4. The van der Waals surface area contributed by atoms with E-state index in [2.05, 4.69) is 32.2 Å². The van der Waals surface area contributed by atoms with E-state index >= 15 is 0 Å². The van der Waals surface area contributed by atoms with Gasteiger partial charge >= 0.3 is 0 Å². The number of hydrogen-bond donors (Lipinski definition) is 1. The summed E-state index contributed by atoms with van der Waals surface area (Å²) in [5.74, 6) is 1.99. The lowest BCUT2D eigenvalue weighted by Crippen LogP contribution is -2.17. The minimum atomic E-state index is 0.564. The zero-order valence-corrected chi connectivity index (χ0v) is 12.4. The third-order valence-corrected chi connectivity index (χ3v) is 3.35. The highest BCUT2D eigenvalue weighted by atomic mass is 16.5. The molecule has 0 aliphatic carbocycles. The molecule has 2 aromatic rings. The van der Waals surface area contributed by atoms with E-state index in [-0.39, 0.29) is 0 Å². The van der Waals surface area contributed by atoms with Gasteiger partial charge in [-0.2, -0.15) is 0 Å². The minimum Gasteiger partial charge on any atom is -0.376 e. The van der Waals surface area contributed by atoms with Crippen LogP contribution in [0.25, 0.3) is 11.6 Å². The van der Waals surface area contributed by atoms with E-state index in [0.29, 0.717) is 24.9 Å². The van der Waals surface area contributed by atoms with Crippen molar-refractivity contribution in [1.29, 1.82) is 0 Å². The highest BCUT2D eigenvalue weighted by molar-refractivity contribution is 5.54. The SMILES string of the molecule is CCCNc1nc(-c2ncc(C)cn2)nc2c1COCC2. The van der Waals surface area contributed by atoms with E-state index in [9.17, 15) is 0 Å². The molecule has 0 saturated heterocycles. The molecule has 2 aromatic heterocycles. The molecule has 21 heavy (non-hydrogen) atoms. The lowest BCUT2D eigenvalue weighted by molar-refractivity contribution is 0.109. The molecule has 0 bridgehead atoms. The molecule has 1 aliphatic heterocycles. The number of nitrogens with one attached hydrogen (secondary N) is 1. The molecule has 0 saturated carbocycles. The lowest BCUT2D eigenvalue weighted by Gasteiger charge is -2.19. The van der Waals surface area contributed by atoms with Gasteiger partial charge < -0.3 is 10.1 Å². The maximum absolute atomic E-state index is 5.53. The van der Waals surface area contributed by atoms with Crippen LogP contribution in [0.15, 0.2) is 12.4 Å². The second-order valence-electron chi connectivity index (χ2n) is 5.13. The van der Waals surface area contributed by atoms with Crippen LogP contribution >= 0.6 is 0 Å². The molecule has 110 valence electrons. The van der Waals surface area contributed by atoms with Crippen molar-refractivity contribution < 1.29 is 4.74 Å². The first kappa shape index (κ1) is 13.9. The van der Waals surface area contributed by atoms with Crippen LogP contribution in [0.1, 0.15) is 30.2 Å². The summed E-state index contributed by atoms with van der Waals surface area (Å²) in [6.45, 7) is 6.23. The van der Waals surface area contributed by atoms with Gasteiger partial charge in [-0.05, 0) is 18.9 Å². The summed E-state index contributed by atoms with van der Waals surface area (Å²) in [7, 11) is 0. The Morgan fingerprint density at radius 3 is 2.76 bits per heavy atom. The maximum Gasteiger partial charge on any atom is 0.199 e. The summed E-state index contributed by atoms with van der Waals surface area (Å²) in [6.07, 6.45) is 5.41. The van der Waals surface area contributed by atoms with E-state index < -0.39 is 0 Å². The van der Waals surface area contributed by atoms with Crippen LogP contribution in [0.5, 0.6) is 0 Å². The summed E-state index contributed by atoms with van der Waals surface area (Å²) in [4.78, 5) is 17.9. The summed E-state index contributed by atoms with van der Waals surface area (Å²) in [6, 6.07) is 0. The van der Waals surface area contributed by atoms with Crippen molar-refractivity contribution in [3.63, 3.8) is 0 Å². The fourth-order valence-corrected chi connectivity index (χ4v) is 2.23. The Morgan fingerprint density at radius 2 is 2.00 bits per heavy atom. The molecule has 6 heteroatoms. The number of anilines is 1. The third-order valence-electron chi connectivity index (χ3n) is 3.35. The van der Waals surface area contributed by atoms with Gasteiger partial charge in [-0.25, -0.2) is 19.9 Å². The van der Waals surface area contributed by atoms with Crippen molar-refractivity contribution in [3.05, 3.63) is 29.2 Å². The average Bonchev–Trinajstić information content (AvgIpc) is 2.53. The molecule has 3 heterocycles. The molecule has 1 aliphatic rings. The smallest absolute Gasteiger partial charge is 0.199 e. The van der Waals surface area contributed by atoms with Gasteiger partial charge in [0.05, 0.1) is 18.9 Å². The topological polar surface area (TPSA) is 72.8 Å². The number of hydrogen-bond acceptors (Lipinski definition) is 6. The van der Waals surface area contributed by atoms with Crippen LogP contribution < -0.4 is 5.32 Å². The van der Waals surface area contributed by atoms with Crippen molar-refractivity contribution in [3.8, 4) is 11.6 Å². The van der Waals surface area contributed by atoms with Crippen LogP contribution in [0.2, 0.25) is 0 Å². The average molecular weight is 285 g/mol. The summed E-state index contributed by atoms with van der Waals surface area (Å²) >= 11 is 0. The number of aryl methyl sites for hydroxylation is 1. The monoisotopic (exact) mass is 285 g/mol. The lowest BCUT2D eigenvalue weighted by atomic mass is 10.1. The van der Waals surface area contributed by atoms with Crippen LogP contribution in [0.3, 0.4) is 0 Å². The fourth-order valence-electron chi connectivity index (χ4n) is 2.23. The zero-order chi connectivity index (χ0) is 14.7. The van der Waals surface area contributed by atoms with Gasteiger partial charge in [0.1, 0.15) is 5.82 Å². The van der Waals surface area contributed by atoms with Gasteiger partial charge in [-0.15, -0.1) is 0 Å². The molecule has 6 nitrogen and oxygen atoms in total. The summed E-state index contributed by atoms with van der Waals surface area (Å²) < 4.78 is 5.53. The molecule has 0 unspecified atom stereocenters. The Morgan fingerprint density at radius 1 is 1.19 bits per heavy atom. The first-order chi connectivity index (χ1) is 10.3. The van der Waals surface area contributed by atoms with Crippen molar-refractivity contribution in [1.82, 2.24) is 19.9 Å². The minimum absolute atomic E-state index is 0.564. The molecule has 0 fully saturated rings. The van der Waals surface area contributed by atoms with Gasteiger partial charge in [-0.3, -0.25) is 0 Å². The first-order valence-electron chi connectivity index (χ1n) is 7.28. The van der Waals surface area contributed by atoms with E-state index in [0.717, 1.165) is 42.0 Å². The van der Waals surface area contributed by atoms with Crippen molar-refractivity contribution in [2.24, 2.45) is 0 Å². The molecule has 0 spiro atoms. The van der Waals surface area contributed by atoms with Gasteiger partial charge in [0.15, 0.2) is 11.6 Å². The number of ether oxygens (including phenoxy) is 1. The molecule has 0 atom stereocenters. The highest BCUT2D eigenvalue weighted by Crippen LogP contribution is 2.24. The van der Waals surface area contributed by atoms with Gasteiger partial charge in [0, 0.05) is 30.9 Å². The van der Waals surface area contributed by atoms with E-state index in [1.165, 1.54) is 0 Å². The summed E-state index contributed by atoms with van der Waals surface area (Å²) in [5.41, 5.74) is 3.12. The van der Waals surface area contributed by atoms with E-state index in [1.807, 2.05) is 6.92 Å². The standard InChI is InChI=1S/C15H19N5O/c1-3-5-16-13-11-9-21-6-4-12(11)19-15(20-13)14-17-7-10(2)8-18-14/h7-8H,3-6,9H2,1-2H3,(H,16,19,20). The van der Waals surface area contributed by atoms with E-state index in [4.69, 9.17) is 4.74 Å². The van der Waals surface area contributed by atoms with Gasteiger partial charge in [0.25, 0.3) is 0 Å². The predicted octanol–water partition coefficient (Wildman–Crippen LogP) is 2.14. The molecular weight excluding hydrogens is 266 g/mol. The predicted molar refractivity (Wildman–Crippen MR) is 79.9 cm³/mol. The summed E-state index contributed by atoms with van der Waals surface area (Å²) in [5, 5.41) is 3.36. The van der Waals surface area contributed by atoms with Crippen molar-refractivity contribution in [2.45, 2.75) is 33.3 Å². The maximum atomic E-state index is 5.53. The second kappa shape index (κ2) is 6.13. The Labute approximate surface area is 124 Å². The Balaban J connectivity index is 2.02. The molecule has 0 radical (unpaired) electrons. The number of nitrogens with zero attached hydrogens (tertiary/aromatic N) is 4. The van der Waals surface area contributed by atoms with Crippen LogP contribution in [0.4, 0.5) is 5.82 Å². The van der Waals surface area contributed by atoms with Crippen molar-refractivity contribution >= 4 is 5.82 Å². The van der Waals surface area contributed by atoms with E-state index in [1.54, 1.807) is 12.4 Å².